The number of anilines is 1. The summed E-state index contributed by atoms with van der Waals surface area (Å²) in [5.74, 6) is 1.60. The molecule has 1 N–H and O–H groups in total. The van der Waals surface area contributed by atoms with Gasteiger partial charge < -0.3 is 5.32 Å². The molecule has 0 aliphatic heterocycles. The Morgan fingerprint density at radius 2 is 2.00 bits per heavy atom. The lowest BCUT2D eigenvalue weighted by molar-refractivity contribution is 0.951. The van der Waals surface area contributed by atoms with Gasteiger partial charge in [0.1, 0.15) is 5.82 Å². The highest BCUT2D eigenvalue weighted by Gasteiger charge is 2.06. The van der Waals surface area contributed by atoms with Crippen LogP contribution in [-0.4, -0.2) is 16.5 Å². The Bertz CT molecular complexity index is 555. The third-order valence-electron chi connectivity index (χ3n) is 2.78. The molecule has 0 aliphatic carbocycles. The van der Waals surface area contributed by atoms with E-state index in [2.05, 4.69) is 29.1 Å². The van der Waals surface area contributed by atoms with Gasteiger partial charge in [0.05, 0.1) is 0 Å². The summed E-state index contributed by atoms with van der Waals surface area (Å²) in [5.41, 5.74) is 1.98. The molecule has 0 aliphatic rings. The summed E-state index contributed by atoms with van der Waals surface area (Å²) in [5, 5.41) is 4.01. The Balaban J connectivity index is 2.38. The van der Waals surface area contributed by atoms with Crippen molar-refractivity contribution in [1.29, 1.82) is 0 Å². The summed E-state index contributed by atoms with van der Waals surface area (Å²) in [6, 6.07) is 9.64. The Kier molecular flexibility index (Phi) is 4.74. The van der Waals surface area contributed by atoms with Gasteiger partial charge >= 0.3 is 0 Å². The molecule has 0 unspecified atom stereocenters. The van der Waals surface area contributed by atoms with E-state index in [1.54, 1.807) is 0 Å². The van der Waals surface area contributed by atoms with Crippen LogP contribution in [0.4, 0.5) is 5.82 Å². The molecule has 1 heterocycles. The third kappa shape index (κ3) is 3.67. The first kappa shape index (κ1) is 13.8. The number of aryl methyl sites for hydroxylation is 1. The second kappa shape index (κ2) is 6.53. The van der Waals surface area contributed by atoms with Gasteiger partial charge in [0.25, 0.3) is 0 Å². The number of halogens is 1. The van der Waals surface area contributed by atoms with Gasteiger partial charge in [-0.1, -0.05) is 37.6 Å². The summed E-state index contributed by atoms with van der Waals surface area (Å²) in [6.45, 7) is 5.13. The first-order valence-electron chi connectivity index (χ1n) is 6.60. The Labute approximate surface area is 119 Å². The molecular formula is C15H18ClN3. The fourth-order valence-corrected chi connectivity index (χ4v) is 1.97. The van der Waals surface area contributed by atoms with E-state index in [4.69, 9.17) is 11.6 Å². The summed E-state index contributed by atoms with van der Waals surface area (Å²) in [7, 11) is 0. The maximum atomic E-state index is 6.02. The van der Waals surface area contributed by atoms with E-state index >= 15 is 0 Å². The minimum absolute atomic E-state index is 0.700. The quantitative estimate of drug-likeness (QED) is 0.889. The monoisotopic (exact) mass is 275 g/mol. The maximum Gasteiger partial charge on any atom is 0.161 e. The standard InChI is InChI=1S/C15H18ClN3/c1-3-8-17-14-10-13(4-2)18-15(19-14)11-6-5-7-12(16)9-11/h5-7,9-10H,3-4,8H2,1-2H3,(H,17,18,19). The highest BCUT2D eigenvalue weighted by Crippen LogP contribution is 2.21. The lowest BCUT2D eigenvalue weighted by Gasteiger charge is -2.09. The molecule has 0 amide bonds. The van der Waals surface area contributed by atoms with Gasteiger partial charge in [-0.2, -0.15) is 0 Å². The summed E-state index contributed by atoms with van der Waals surface area (Å²) < 4.78 is 0. The number of hydrogen-bond acceptors (Lipinski definition) is 3. The van der Waals surface area contributed by atoms with Crippen molar-refractivity contribution >= 4 is 17.4 Å². The number of nitrogens with zero attached hydrogens (tertiary/aromatic N) is 2. The number of benzene rings is 1. The summed E-state index contributed by atoms with van der Waals surface area (Å²) in [4.78, 5) is 9.11. The van der Waals surface area contributed by atoms with Gasteiger partial charge in [0, 0.05) is 28.9 Å². The number of aromatic nitrogens is 2. The highest BCUT2D eigenvalue weighted by molar-refractivity contribution is 6.30. The molecule has 0 fully saturated rings. The van der Waals surface area contributed by atoms with Crippen LogP contribution in [0.2, 0.25) is 5.02 Å². The van der Waals surface area contributed by atoms with Crippen LogP contribution in [0.15, 0.2) is 30.3 Å². The van der Waals surface area contributed by atoms with Crippen LogP contribution in [0.1, 0.15) is 26.0 Å². The molecule has 0 spiro atoms. The summed E-state index contributed by atoms with van der Waals surface area (Å²) in [6.07, 6.45) is 1.95. The Morgan fingerprint density at radius 1 is 1.16 bits per heavy atom. The van der Waals surface area contributed by atoms with E-state index in [1.165, 1.54) is 0 Å². The van der Waals surface area contributed by atoms with E-state index in [1.807, 2.05) is 30.3 Å². The van der Waals surface area contributed by atoms with Crippen LogP contribution in [0, 0.1) is 0 Å². The second-order valence-electron chi connectivity index (χ2n) is 4.36. The molecule has 2 rings (SSSR count). The highest BCUT2D eigenvalue weighted by atomic mass is 35.5. The topological polar surface area (TPSA) is 37.8 Å². The van der Waals surface area contributed by atoms with Gasteiger partial charge in [-0.15, -0.1) is 0 Å². The average molecular weight is 276 g/mol. The van der Waals surface area contributed by atoms with Gasteiger partial charge in [-0.05, 0) is 25.0 Å². The van der Waals surface area contributed by atoms with E-state index in [-0.39, 0.29) is 0 Å². The van der Waals surface area contributed by atoms with Gasteiger partial charge in [0.2, 0.25) is 0 Å². The van der Waals surface area contributed by atoms with Crippen molar-refractivity contribution in [1.82, 2.24) is 9.97 Å². The molecule has 0 radical (unpaired) electrons. The van der Waals surface area contributed by atoms with Crippen LogP contribution in [0.3, 0.4) is 0 Å². The molecule has 4 heteroatoms. The first-order valence-corrected chi connectivity index (χ1v) is 6.98. The molecule has 0 saturated carbocycles. The van der Waals surface area contributed by atoms with Crippen molar-refractivity contribution < 1.29 is 0 Å². The van der Waals surface area contributed by atoms with Crippen LogP contribution in [-0.2, 0) is 6.42 Å². The molecule has 0 bridgehead atoms. The molecule has 0 atom stereocenters. The van der Waals surface area contributed by atoms with E-state index < -0.39 is 0 Å². The number of nitrogens with one attached hydrogen (secondary N) is 1. The SMILES string of the molecule is CCCNc1cc(CC)nc(-c2cccc(Cl)c2)n1. The zero-order valence-electron chi connectivity index (χ0n) is 11.3. The lowest BCUT2D eigenvalue weighted by atomic mass is 10.2. The predicted molar refractivity (Wildman–Crippen MR) is 80.6 cm³/mol. The van der Waals surface area contributed by atoms with Crippen LogP contribution >= 0.6 is 11.6 Å². The third-order valence-corrected chi connectivity index (χ3v) is 3.02. The van der Waals surface area contributed by atoms with Crippen molar-refractivity contribution in [3.05, 3.63) is 41.0 Å². The minimum Gasteiger partial charge on any atom is -0.370 e. The molecule has 19 heavy (non-hydrogen) atoms. The fourth-order valence-electron chi connectivity index (χ4n) is 1.78. The second-order valence-corrected chi connectivity index (χ2v) is 4.80. The van der Waals surface area contributed by atoms with Crippen molar-refractivity contribution in [3.63, 3.8) is 0 Å². The van der Waals surface area contributed by atoms with Gasteiger partial charge in [-0.3, -0.25) is 0 Å². The van der Waals surface area contributed by atoms with Crippen LogP contribution in [0.25, 0.3) is 11.4 Å². The first-order chi connectivity index (χ1) is 9.22. The average Bonchev–Trinajstić information content (AvgIpc) is 2.44. The molecule has 1 aromatic carbocycles. The van der Waals surface area contributed by atoms with Crippen molar-refractivity contribution in [2.24, 2.45) is 0 Å². The van der Waals surface area contributed by atoms with E-state index in [0.29, 0.717) is 5.02 Å². The predicted octanol–water partition coefficient (Wildman–Crippen LogP) is 4.18. The zero-order valence-corrected chi connectivity index (χ0v) is 12.0. The zero-order chi connectivity index (χ0) is 13.7. The molecule has 0 saturated heterocycles. The summed E-state index contributed by atoms with van der Waals surface area (Å²) >= 11 is 6.02. The van der Waals surface area contributed by atoms with Crippen LogP contribution in [0.5, 0.6) is 0 Å². The Morgan fingerprint density at radius 3 is 2.68 bits per heavy atom. The van der Waals surface area contributed by atoms with Gasteiger partial charge in [-0.25, -0.2) is 9.97 Å². The van der Waals surface area contributed by atoms with E-state index in [9.17, 15) is 0 Å². The molecule has 1 aromatic heterocycles. The molecule has 100 valence electrons. The van der Waals surface area contributed by atoms with Crippen molar-refractivity contribution in [2.45, 2.75) is 26.7 Å². The molecule has 2 aromatic rings. The van der Waals surface area contributed by atoms with Gasteiger partial charge in [0.15, 0.2) is 5.82 Å². The largest absolute Gasteiger partial charge is 0.370 e. The Hall–Kier alpha value is -1.61. The normalized spacial score (nSPS) is 10.5. The fraction of sp³-hybridized carbons (Fsp3) is 0.333. The number of rotatable bonds is 5. The minimum atomic E-state index is 0.700. The van der Waals surface area contributed by atoms with E-state index in [0.717, 1.165) is 42.3 Å². The lowest BCUT2D eigenvalue weighted by Crippen LogP contribution is -2.05. The maximum absolute atomic E-state index is 6.02. The smallest absolute Gasteiger partial charge is 0.161 e. The van der Waals surface area contributed by atoms with Crippen LogP contribution < -0.4 is 5.32 Å². The van der Waals surface area contributed by atoms with Crippen molar-refractivity contribution in [3.8, 4) is 11.4 Å². The molecule has 3 nitrogen and oxygen atoms in total. The van der Waals surface area contributed by atoms with Crippen molar-refractivity contribution in [2.75, 3.05) is 11.9 Å². The number of hydrogen-bond donors (Lipinski definition) is 1. The molecular weight excluding hydrogens is 258 g/mol.